The van der Waals surface area contributed by atoms with Gasteiger partial charge >= 0.3 is 0 Å². The van der Waals surface area contributed by atoms with E-state index in [2.05, 4.69) is 17.5 Å². The van der Waals surface area contributed by atoms with Crippen LogP contribution in [0.15, 0.2) is 54.0 Å². The lowest BCUT2D eigenvalue weighted by atomic mass is 10.2. The molecule has 0 N–H and O–H groups in total. The molecule has 0 aliphatic carbocycles. The van der Waals surface area contributed by atoms with E-state index in [1.165, 1.54) is 0 Å². The van der Waals surface area contributed by atoms with E-state index >= 15 is 0 Å². The highest BCUT2D eigenvalue weighted by atomic mass is 32.1. The highest BCUT2D eigenvalue weighted by Crippen LogP contribution is 2.29. The zero-order valence-corrected chi connectivity index (χ0v) is 14.2. The number of hydrogen-bond acceptors (Lipinski definition) is 3. The quantitative estimate of drug-likeness (QED) is 0.724. The Balaban J connectivity index is 1.56. The molecule has 0 radical (unpaired) electrons. The third-order valence-electron chi connectivity index (χ3n) is 4.39. The molecule has 4 nitrogen and oxygen atoms in total. The maximum Gasteiger partial charge on any atom is 0.242 e. The van der Waals surface area contributed by atoms with Gasteiger partial charge in [-0.25, -0.2) is 4.98 Å². The second-order valence-corrected chi connectivity index (χ2v) is 6.87. The molecule has 0 saturated carbocycles. The highest BCUT2D eigenvalue weighted by Gasteiger charge is 2.19. The standard InChI is InChI=1S/C19H19N3OS/c23-18(21-10-4-5-11-21)13-22-12-6-9-17(22)19-20-16(14-24-19)15-7-2-1-3-8-15/h1-3,6-9,12,14H,4-5,10-11,13H2. The minimum atomic E-state index is 0.199. The first kappa shape index (κ1) is 15.1. The Morgan fingerprint density at radius 3 is 2.67 bits per heavy atom. The van der Waals surface area contributed by atoms with Crippen LogP contribution in [0.4, 0.5) is 0 Å². The summed E-state index contributed by atoms with van der Waals surface area (Å²) in [5, 5.41) is 3.03. The molecular formula is C19H19N3OS. The number of rotatable bonds is 4. The SMILES string of the molecule is O=C(Cn1cccc1-c1nc(-c2ccccc2)cs1)N1CCCC1. The van der Waals surface area contributed by atoms with Crippen LogP contribution in [0.3, 0.4) is 0 Å². The van der Waals surface area contributed by atoms with Gasteiger partial charge in [0, 0.05) is 30.2 Å². The van der Waals surface area contributed by atoms with Gasteiger partial charge in [0.2, 0.25) is 5.91 Å². The van der Waals surface area contributed by atoms with Gasteiger partial charge in [-0.15, -0.1) is 11.3 Å². The molecule has 3 heterocycles. The fourth-order valence-electron chi connectivity index (χ4n) is 3.09. The van der Waals surface area contributed by atoms with Crippen LogP contribution in [0.1, 0.15) is 12.8 Å². The Morgan fingerprint density at radius 2 is 1.88 bits per heavy atom. The van der Waals surface area contributed by atoms with Gasteiger partial charge < -0.3 is 9.47 Å². The van der Waals surface area contributed by atoms with Gasteiger partial charge in [0.15, 0.2) is 0 Å². The van der Waals surface area contributed by atoms with Gasteiger partial charge in [-0.3, -0.25) is 4.79 Å². The van der Waals surface area contributed by atoms with Crippen LogP contribution in [-0.2, 0) is 11.3 Å². The van der Waals surface area contributed by atoms with E-state index in [1.807, 2.05) is 46.0 Å². The first-order valence-corrected chi connectivity index (χ1v) is 9.13. The van der Waals surface area contributed by atoms with E-state index in [0.717, 1.165) is 47.9 Å². The smallest absolute Gasteiger partial charge is 0.242 e. The molecule has 1 aliphatic rings. The predicted octanol–water partition coefficient (Wildman–Crippen LogP) is 3.90. The van der Waals surface area contributed by atoms with Gasteiger partial charge in [0.1, 0.15) is 11.6 Å². The summed E-state index contributed by atoms with van der Waals surface area (Å²) in [6.45, 7) is 2.18. The molecule has 1 aromatic carbocycles. The summed E-state index contributed by atoms with van der Waals surface area (Å²) in [6, 6.07) is 14.2. The summed E-state index contributed by atoms with van der Waals surface area (Å²) in [4.78, 5) is 19.1. The zero-order valence-electron chi connectivity index (χ0n) is 13.4. The van der Waals surface area contributed by atoms with Crippen molar-refractivity contribution in [1.29, 1.82) is 0 Å². The highest BCUT2D eigenvalue weighted by molar-refractivity contribution is 7.13. The van der Waals surface area contributed by atoms with Crippen LogP contribution in [-0.4, -0.2) is 33.4 Å². The molecule has 122 valence electrons. The number of thiazole rings is 1. The molecule has 24 heavy (non-hydrogen) atoms. The molecule has 2 aromatic heterocycles. The average molecular weight is 337 g/mol. The van der Waals surface area contributed by atoms with E-state index in [-0.39, 0.29) is 5.91 Å². The predicted molar refractivity (Wildman–Crippen MR) is 96.8 cm³/mol. The first-order chi connectivity index (χ1) is 11.8. The van der Waals surface area contributed by atoms with Gasteiger partial charge in [0.25, 0.3) is 0 Å². The van der Waals surface area contributed by atoms with Crippen molar-refractivity contribution >= 4 is 17.2 Å². The summed E-state index contributed by atoms with van der Waals surface area (Å²) < 4.78 is 2.01. The lowest BCUT2D eigenvalue weighted by Gasteiger charge is -2.16. The number of carbonyl (C=O) groups excluding carboxylic acids is 1. The minimum Gasteiger partial charge on any atom is -0.341 e. The number of likely N-dealkylation sites (tertiary alicyclic amines) is 1. The Hall–Kier alpha value is -2.40. The number of carbonyl (C=O) groups is 1. The van der Waals surface area contributed by atoms with Crippen LogP contribution in [0.2, 0.25) is 0 Å². The first-order valence-electron chi connectivity index (χ1n) is 8.25. The molecule has 1 amide bonds. The number of aromatic nitrogens is 2. The van der Waals surface area contributed by atoms with E-state index in [0.29, 0.717) is 6.54 Å². The van der Waals surface area contributed by atoms with Gasteiger partial charge in [0.05, 0.1) is 11.4 Å². The zero-order chi connectivity index (χ0) is 16.4. The van der Waals surface area contributed by atoms with Crippen LogP contribution in [0.25, 0.3) is 22.0 Å². The molecular weight excluding hydrogens is 318 g/mol. The molecule has 1 fully saturated rings. The summed E-state index contributed by atoms with van der Waals surface area (Å²) >= 11 is 1.62. The number of benzene rings is 1. The summed E-state index contributed by atoms with van der Waals surface area (Å²) in [5.74, 6) is 0.199. The second kappa shape index (κ2) is 6.61. The monoisotopic (exact) mass is 337 g/mol. The van der Waals surface area contributed by atoms with Gasteiger partial charge in [-0.1, -0.05) is 30.3 Å². The van der Waals surface area contributed by atoms with Crippen LogP contribution < -0.4 is 0 Å². The largest absolute Gasteiger partial charge is 0.341 e. The Morgan fingerprint density at radius 1 is 1.08 bits per heavy atom. The lowest BCUT2D eigenvalue weighted by molar-refractivity contribution is -0.130. The molecule has 0 atom stereocenters. The fraction of sp³-hybridized carbons (Fsp3) is 0.263. The van der Waals surface area contributed by atoms with Crippen molar-refractivity contribution in [2.75, 3.05) is 13.1 Å². The van der Waals surface area contributed by atoms with Crippen molar-refractivity contribution in [2.45, 2.75) is 19.4 Å². The normalized spacial score (nSPS) is 14.2. The Bertz CT molecular complexity index is 831. The summed E-state index contributed by atoms with van der Waals surface area (Å²) in [7, 11) is 0. The van der Waals surface area contributed by atoms with E-state index in [1.54, 1.807) is 11.3 Å². The molecule has 4 rings (SSSR count). The van der Waals surface area contributed by atoms with Crippen molar-refractivity contribution < 1.29 is 4.79 Å². The maximum atomic E-state index is 12.4. The molecule has 1 saturated heterocycles. The number of amides is 1. The minimum absolute atomic E-state index is 0.199. The summed E-state index contributed by atoms with van der Waals surface area (Å²) in [5.41, 5.74) is 3.11. The van der Waals surface area contributed by atoms with E-state index < -0.39 is 0 Å². The van der Waals surface area contributed by atoms with E-state index in [9.17, 15) is 4.79 Å². The number of hydrogen-bond donors (Lipinski definition) is 0. The van der Waals surface area contributed by atoms with Crippen LogP contribution >= 0.6 is 11.3 Å². The van der Waals surface area contributed by atoms with Crippen molar-refractivity contribution in [3.63, 3.8) is 0 Å². The van der Waals surface area contributed by atoms with Crippen LogP contribution in [0, 0.1) is 0 Å². The maximum absolute atomic E-state index is 12.4. The fourth-order valence-corrected chi connectivity index (χ4v) is 3.96. The van der Waals surface area contributed by atoms with Crippen molar-refractivity contribution in [3.8, 4) is 22.0 Å². The van der Waals surface area contributed by atoms with Gasteiger partial charge in [-0.2, -0.15) is 0 Å². The molecule has 3 aromatic rings. The number of nitrogens with zero attached hydrogens (tertiary/aromatic N) is 3. The summed E-state index contributed by atoms with van der Waals surface area (Å²) in [6.07, 6.45) is 4.21. The lowest BCUT2D eigenvalue weighted by Crippen LogP contribution is -2.31. The Kier molecular flexibility index (Phi) is 4.17. The Labute approximate surface area is 145 Å². The van der Waals surface area contributed by atoms with Crippen LogP contribution in [0.5, 0.6) is 0 Å². The average Bonchev–Trinajstić information content (AvgIpc) is 3.36. The van der Waals surface area contributed by atoms with Crippen molar-refractivity contribution in [1.82, 2.24) is 14.5 Å². The van der Waals surface area contributed by atoms with Gasteiger partial charge in [-0.05, 0) is 25.0 Å². The second-order valence-electron chi connectivity index (χ2n) is 6.01. The molecule has 0 spiro atoms. The third-order valence-corrected chi connectivity index (χ3v) is 5.25. The van der Waals surface area contributed by atoms with Crippen molar-refractivity contribution in [2.24, 2.45) is 0 Å². The molecule has 5 heteroatoms. The topological polar surface area (TPSA) is 38.1 Å². The third kappa shape index (κ3) is 2.99. The molecule has 0 bridgehead atoms. The van der Waals surface area contributed by atoms with E-state index in [4.69, 9.17) is 4.98 Å². The molecule has 1 aliphatic heterocycles. The van der Waals surface area contributed by atoms with Crippen molar-refractivity contribution in [3.05, 3.63) is 54.0 Å². The molecule has 0 unspecified atom stereocenters.